The number of aliphatic carboxylic acids is 1. The number of H-pyrrole nitrogens is 1. The summed E-state index contributed by atoms with van der Waals surface area (Å²) in [6, 6.07) is 8.73. The van der Waals surface area contributed by atoms with Gasteiger partial charge in [-0.2, -0.15) is 0 Å². The number of aliphatic hydroxyl groups is 1. The standard InChI is InChI=1S/C25H27FN4O3.C25H28O8/c1-16-12-17-19(29-16)6-7-21(24(17)26)33-25-18-13-22(31-2)23(14-20(18)27-15-28-25)32-11-5-10-30-8-3-4-9-30;1-23-9-7-15(27)11-14(23)3-4-16-17-8-10-25(19(29)13-26,33-21(32)6-5-20(30)31)24(17,2)12-18(28)22(16)23/h6-7,12-15,29H,3-5,8-11H2,1-2H3;5-7,9,11,16-17,22,26H,3-4,8,10,12-13H2,1-2H3,(H,30,31)/b;6-5-/t;16-,17-,22+,23-,24-,25-/m.0/s1. The minimum absolute atomic E-state index is 0.00878. The van der Waals surface area contributed by atoms with Crippen molar-refractivity contribution in [2.24, 2.45) is 28.6 Å². The lowest BCUT2D eigenvalue weighted by atomic mass is 9.46. The monoisotopic (exact) mass is 906 g/mol. The number of aliphatic hydroxyl groups excluding tert-OH is 1. The van der Waals surface area contributed by atoms with Crippen molar-refractivity contribution in [2.45, 2.75) is 77.7 Å². The van der Waals surface area contributed by atoms with E-state index >= 15 is 4.39 Å². The molecule has 1 saturated heterocycles. The van der Waals surface area contributed by atoms with Crippen molar-refractivity contribution in [2.75, 3.05) is 40.0 Å². The van der Waals surface area contributed by atoms with Crippen molar-refractivity contribution < 1.29 is 57.5 Å². The van der Waals surface area contributed by atoms with E-state index in [2.05, 4.69) is 19.9 Å². The number of ketones is 3. The summed E-state index contributed by atoms with van der Waals surface area (Å²) >= 11 is 0. The number of hydrogen-bond donors (Lipinski definition) is 3. The Morgan fingerprint density at radius 2 is 1.80 bits per heavy atom. The molecule has 4 aliphatic carbocycles. The SMILES string of the molecule is COc1cc2c(Oc3ccc4[nH]c(C)cc4c3F)ncnc2cc1OCCCN1CCCC1.C[C@]12C=CC(=O)C=C1CC[C@@H]1[C@@H]2C(=O)C[C@@]2(C)[C@H]1CC[C@]2(OC(=O)/C=C\C(=O)O)C(=O)CO. The number of Topliss-reactive ketones (excluding diaryl/α,β-unsaturated/α-hetero) is 2. The minimum Gasteiger partial charge on any atom is -0.493 e. The highest BCUT2D eigenvalue weighted by molar-refractivity contribution is 6.02. The van der Waals surface area contributed by atoms with E-state index in [1.54, 1.807) is 44.4 Å². The molecule has 4 aromatic rings. The fourth-order valence-corrected chi connectivity index (χ4v) is 11.5. The summed E-state index contributed by atoms with van der Waals surface area (Å²) in [6.45, 7) is 8.77. The van der Waals surface area contributed by atoms with Gasteiger partial charge in [0.05, 0.1) is 24.6 Å². The number of allylic oxidation sites excluding steroid dienone is 4. The Morgan fingerprint density at radius 1 is 1.02 bits per heavy atom. The number of hydrogen-bond acceptors (Lipinski definition) is 13. The normalized spacial score (nSPS) is 26.9. The number of aromatic amines is 1. The molecular formula is C50H55FN4O11. The predicted molar refractivity (Wildman–Crippen MR) is 240 cm³/mol. The number of aryl methyl sites for hydroxylation is 1. The van der Waals surface area contributed by atoms with Crippen LogP contribution in [0.15, 0.2) is 72.6 Å². The number of fused-ring (bicyclic) bond motifs is 7. The molecule has 6 atom stereocenters. The number of halogens is 1. The van der Waals surface area contributed by atoms with Crippen LogP contribution in [0.4, 0.5) is 4.39 Å². The molecule has 3 saturated carbocycles. The fraction of sp³-hybridized carbons (Fsp3) is 0.460. The lowest BCUT2D eigenvalue weighted by molar-refractivity contribution is -0.188. The van der Waals surface area contributed by atoms with Gasteiger partial charge in [-0.25, -0.2) is 23.9 Å². The van der Waals surface area contributed by atoms with Crippen LogP contribution < -0.4 is 14.2 Å². The van der Waals surface area contributed by atoms with Gasteiger partial charge in [0.15, 0.2) is 34.5 Å². The topological polar surface area (TPSA) is 208 Å². The summed E-state index contributed by atoms with van der Waals surface area (Å²) in [4.78, 5) is 76.0. The molecule has 0 radical (unpaired) electrons. The quantitative estimate of drug-likeness (QED) is 0.0690. The van der Waals surface area contributed by atoms with Gasteiger partial charge in [0.25, 0.3) is 0 Å². The summed E-state index contributed by atoms with van der Waals surface area (Å²) in [7, 11) is 1.59. The first kappa shape index (κ1) is 46.3. The number of aromatic nitrogens is 3. The fourth-order valence-electron chi connectivity index (χ4n) is 11.5. The number of carbonyl (C=O) groups is 5. The van der Waals surface area contributed by atoms with Crippen LogP contribution in [0, 0.1) is 41.3 Å². The number of ether oxygens (including phenoxy) is 4. The smallest absolute Gasteiger partial charge is 0.332 e. The number of carboxylic acids is 1. The first-order valence-corrected chi connectivity index (χ1v) is 22.5. The van der Waals surface area contributed by atoms with Crippen LogP contribution in [0.25, 0.3) is 21.8 Å². The van der Waals surface area contributed by atoms with Crippen LogP contribution in [0.3, 0.4) is 0 Å². The maximum absolute atomic E-state index is 15.0. The lowest BCUT2D eigenvalue weighted by Gasteiger charge is -2.57. The number of likely N-dealkylation sites (tertiary alicyclic amines) is 1. The summed E-state index contributed by atoms with van der Waals surface area (Å²) in [5, 5.41) is 19.6. The number of nitrogens with zero attached hydrogens (tertiary/aromatic N) is 3. The molecule has 2 aromatic heterocycles. The van der Waals surface area contributed by atoms with E-state index in [1.165, 1.54) is 38.3 Å². The molecule has 66 heavy (non-hydrogen) atoms. The van der Waals surface area contributed by atoms with Gasteiger partial charge < -0.3 is 39.0 Å². The summed E-state index contributed by atoms with van der Waals surface area (Å²) in [5.41, 5.74) is -0.110. The zero-order valence-corrected chi connectivity index (χ0v) is 37.6. The van der Waals surface area contributed by atoms with Gasteiger partial charge in [0.2, 0.25) is 11.7 Å². The first-order chi connectivity index (χ1) is 31.6. The molecule has 15 nitrogen and oxygen atoms in total. The Balaban J connectivity index is 0.000000179. The molecule has 1 aliphatic heterocycles. The van der Waals surface area contributed by atoms with Gasteiger partial charge in [0, 0.05) is 64.5 Å². The lowest BCUT2D eigenvalue weighted by Crippen LogP contribution is -2.62. The van der Waals surface area contributed by atoms with Gasteiger partial charge in [-0.15, -0.1) is 0 Å². The van der Waals surface area contributed by atoms with Crippen molar-refractivity contribution in [3.8, 4) is 23.1 Å². The number of benzene rings is 2. The van der Waals surface area contributed by atoms with E-state index in [-0.39, 0.29) is 53.8 Å². The molecule has 16 heteroatoms. The third-order valence-electron chi connectivity index (χ3n) is 14.6. The second kappa shape index (κ2) is 18.6. The maximum atomic E-state index is 15.0. The Hall–Kier alpha value is -6.26. The molecule has 348 valence electrons. The number of esters is 1. The average molecular weight is 907 g/mol. The Labute approximate surface area is 381 Å². The van der Waals surface area contributed by atoms with Crippen LogP contribution >= 0.6 is 0 Å². The van der Waals surface area contributed by atoms with Crippen LogP contribution in [0.1, 0.15) is 70.9 Å². The van der Waals surface area contributed by atoms with Gasteiger partial charge in [-0.3, -0.25) is 14.4 Å². The summed E-state index contributed by atoms with van der Waals surface area (Å²) in [5.74, 6) is -2.58. The van der Waals surface area contributed by atoms with E-state index in [0.717, 1.165) is 35.8 Å². The van der Waals surface area contributed by atoms with Crippen LogP contribution in [-0.2, 0) is 28.7 Å². The van der Waals surface area contributed by atoms with Crippen molar-refractivity contribution in [1.82, 2.24) is 19.9 Å². The minimum atomic E-state index is -1.71. The number of carbonyl (C=O) groups excluding carboxylic acids is 4. The third kappa shape index (κ3) is 8.52. The zero-order valence-electron chi connectivity index (χ0n) is 37.6. The largest absolute Gasteiger partial charge is 0.493 e. The van der Waals surface area contributed by atoms with E-state index in [4.69, 9.17) is 24.1 Å². The number of carboxylic acid groups (broad SMARTS) is 1. The van der Waals surface area contributed by atoms with Crippen molar-refractivity contribution in [3.05, 3.63) is 84.1 Å². The maximum Gasteiger partial charge on any atom is 0.332 e. The van der Waals surface area contributed by atoms with Crippen molar-refractivity contribution in [1.29, 1.82) is 0 Å². The number of methoxy groups -OCH3 is 1. The molecule has 5 aliphatic rings. The third-order valence-corrected chi connectivity index (χ3v) is 14.6. The van der Waals surface area contributed by atoms with Gasteiger partial charge in [-0.05, 0) is 113 Å². The predicted octanol–water partition coefficient (Wildman–Crippen LogP) is 7.18. The van der Waals surface area contributed by atoms with Crippen molar-refractivity contribution >= 4 is 51.1 Å². The molecule has 9 rings (SSSR count). The van der Waals surface area contributed by atoms with E-state index in [9.17, 15) is 29.1 Å². The zero-order chi connectivity index (χ0) is 47.0. The Morgan fingerprint density at radius 3 is 2.55 bits per heavy atom. The molecule has 0 spiro atoms. The summed E-state index contributed by atoms with van der Waals surface area (Å²) < 4.78 is 38.1. The van der Waals surface area contributed by atoms with Gasteiger partial charge in [-0.1, -0.05) is 25.5 Å². The second-order valence-electron chi connectivity index (χ2n) is 18.4. The van der Waals surface area contributed by atoms with E-state index in [0.29, 0.717) is 59.7 Å². The highest BCUT2D eigenvalue weighted by Gasteiger charge is 2.70. The summed E-state index contributed by atoms with van der Waals surface area (Å²) in [6.07, 6.45) is 13.3. The Kier molecular flexibility index (Phi) is 13.0. The number of nitrogens with one attached hydrogen (secondary N) is 1. The highest BCUT2D eigenvalue weighted by atomic mass is 19.1. The molecule has 3 N–H and O–H groups in total. The molecule has 0 amide bonds. The van der Waals surface area contributed by atoms with Gasteiger partial charge in [0.1, 0.15) is 18.7 Å². The molecule has 3 heterocycles. The number of rotatable bonds is 13. The van der Waals surface area contributed by atoms with Crippen molar-refractivity contribution in [3.63, 3.8) is 0 Å². The first-order valence-electron chi connectivity index (χ1n) is 22.5. The molecule has 0 unspecified atom stereocenters. The van der Waals surface area contributed by atoms with Crippen LogP contribution in [-0.4, -0.2) is 105 Å². The van der Waals surface area contributed by atoms with Crippen LogP contribution in [0.2, 0.25) is 0 Å². The van der Waals surface area contributed by atoms with E-state index in [1.807, 2.05) is 26.0 Å². The molecule has 0 bridgehead atoms. The highest BCUT2D eigenvalue weighted by Crippen LogP contribution is 2.67. The molecular weight excluding hydrogens is 852 g/mol. The van der Waals surface area contributed by atoms with Crippen LogP contribution in [0.5, 0.6) is 23.1 Å². The Bertz CT molecular complexity index is 2690. The van der Waals surface area contributed by atoms with Gasteiger partial charge >= 0.3 is 11.9 Å². The van der Waals surface area contributed by atoms with E-state index < -0.39 is 46.6 Å². The average Bonchev–Trinajstić information content (AvgIpc) is 4.03. The molecule has 4 fully saturated rings. The second-order valence-corrected chi connectivity index (χ2v) is 18.4. The molecule has 2 aromatic carbocycles.